The number of nitrogens with zero attached hydrogens (tertiary/aromatic N) is 1. The summed E-state index contributed by atoms with van der Waals surface area (Å²) in [4.78, 5) is 28.3. The summed E-state index contributed by atoms with van der Waals surface area (Å²) in [6, 6.07) is 21.9. The van der Waals surface area contributed by atoms with Gasteiger partial charge in [-0.05, 0) is 59.5 Å². The molecule has 0 unspecified atom stereocenters. The summed E-state index contributed by atoms with van der Waals surface area (Å²) in [5.74, 6) is 1.52. The van der Waals surface area contributed by atoms with Crippen LogP contribution in [0.3, 0.4) is 0 Å². The van der Waals surface area contributed by atoms with E-state index in [4.69, 9.17) is 14.2 Å². The van der Waals surface area contributed by atoms with Crippen LogP contribution in [0.2, 0.25) is 0 Å². The molecule has 6 heteroatoms. The number of hydrogen-bond donors (Lipinski definition) is 0. The molecule has 2 amide bonds. The van der Waals surface area contributed by atoms with Gasteiger partial charge < -0.3 is 14.2 Å². The standard InChI is InChI=1S/C27H25NO5/c1-31-21-10-4-18(5-11-21)16-17-28-26(29)24(19-6-12-22(32-2)13-7-19)25(27(28)30)20-8-14-23(33-3)15-9-20/h4-15H,16-17H2,1-3H3. The Morgan fingerprint density at radius 1 is 0.576 bits per heavy atom. The SMILES string of the molecule is COc1ccc(CCN2C(=O)C(c3ccc(OC)cc3)=C(c3ccc(OC)cc3)C2=O)cc1. The first kappa shape index (κ1) is 22.1. The zero-order valence-corrected chi connectivity index (χ0v) is 18.8. The van der Waals surface area contributed by atoms with Gasteiger partial charge in [-0.15, -0.1) is 0 Å². The maximum Gasteiger partial charge on any atom is 0.262 e. The van der Waals surface area contributed by atoms with Gasteiger partial charge in [0.15, 0.2) is 0 Å². The van der Waals surface area contributed by atoms with Gasteiger partial charge in [-0.25, -0.2) is 0 Å². The molecule has 1 aliphatic heterocycles. The van der Waals surface area contributed by atoms with E-state index in [0.717, 1.165) is 11.3 Å². The van der Waals surface area contributed by atoms with Gasteiger partial charge in [-0.2, -0.15) is 0 Å². The highest BCUT2D eigenvalue weighted by Crippen LogP contribution is 2.36. The Morgan fingerprint density at radius 2 is 0.939 bits per heavy atom. The molecule has 6 nitrogen and oxygen atoms in total. The highest BCUT2D eigenvalue weighted by atomic mass is 16.5. The van der Waals surface area contributed by atoms with Crippen molar-refractivity contribution < 1.29 is 23.8 Å². The van der Waals surface area contributed by atoms with E-state index in [0.29, 0.717) is 40.2 Å². The summed E-state index contributed by atoms with van der Waals surface area (Å²) in [6.45, 7) is 0.281. The molecule has 1 heterocycles. The van der Waals surface area contributed by atoms with Crippen molar-refractivity contribution in [2.45, 2.75) is 6.42 Å². The minimum absolute atomic E-state index is 0.281. The Balaban J connectivity index is 1.68. The molecule has 0 spiro atoms. The summed E-state index contributed by atoms with van der Waals surface area (Å²) in [5.41, 5.74) is 3.14. The number of carbonyl (C=O) groups excluding carboxylic acids is 2. The Hall–Kier alpha value is -4.06. The van der Waals surface area contributed by atoms with Gasteiger partial charge in [0.25, 0.3) is 11.8 Å². The molecule has 0 N–H and O–H groups in total. The Morgan fingerprint density at radius 3 is 1.30 bits per heavy atom. The zero-order chi connectivity index (χ0) is 23.4. The first-order valence-corrected chi connectivity index (χ1v) is 10.6. The molecule has 3 aromatic rings. The van der Waals surface area contributed by atoms with Crippen LogP contribution >= 0.6 is 0 Å². The summed E-state index contributed by atoms with van der Waals surface area (Å²) in [7, 11) is 4.79. The molecule has 3 aromatic carbocycles. The number of amides is 2. The van der Waals surface area contributed by atoms with E-state index < -0.39 is 0 Å². The van der Waals surface area contributed by atoms with Gasteiger partial charge in [-0.1, -0.05) is 36.4 Å². The predicted octanol–water partition coefficient (Wildman–Crippen LogP) is 4.23. The minimum atomic E-state index is -0.301. The van der Waals surface area contributed by atoms with Gasteiger partial charge in [-0.3, -0.25) is 14.5 Å². The molecule has 0 saturated carbocycles. The molecule has 0 aliphatic carbocycles. The molecule has 0 aromatic heterocycles. The van der Waals surface area contributed by atoms with Crippen LogP contribution in [0.4, 0.5) is 0 Å². The van der Waals surface area contributed by atoms with E-state index in [1.807, 2.05) is 24.3 Å². The highest BCUT2D eigenvalue weighted by Gasteiger charge is 2.39. The molecule has 0 fully saturated rings. The van der Waals surface area contributed by atoms with E-state index in [2.05, 4.69) is 0 Å². The average molecular weight is 443 g/mol. The van der Waals surface area contributed by atoms with Gasteiger partial charge in [0, 0.05) is 6.54 Å². The van der Waals surface area contributed by atoms with Gasteiger partial charge in [0.2, 0.25) is 0 Å². The van der Waals surface area contributed by atoms with Crippen LogP contribution in [0.1, 0.15) is 16.7 Å². The quantitative estimate of drug-likeness (QED) is 0.488. The van der Waals surface area contributed by atoms with Crippen molar-refractivity contribution in [3.8, 4) is 17.2 Å². The minimum Gasteiger partial charge on any atom is -0.497 e. The van der Waals surface area contributed by atoms with Crippen LogP contribution in [-0.4, -0.2) is 44.6 Å². The summed E-state index contributed by atoms with van der Waals surface area (Å²) >= 11 is 0. The summed E-state index contributed by atoms with van der Waals surface area (Å²) in [5, 5.41) is 0. The van der Waals surface area contributed by atoms with Crippen LogP contribution in [0, 0.1) is 0 Å². The molecular formula is C27H25NO5. The maximum absolute atomic E-state index is 13.5. The lowest BCUT2D eigenvalue weighted by atomic mass is 9.96. The second-order valence-corrected chi connectivity index (χ2v) is 7.57. The van der Waals surface area contributed by atoms with Crippen molar-refractivity contribution in [3.05, 3.63) is 89.5 Å². The molecular weight excluding hydrogens is 418 g/mol. The Bertz CT molecular complexity index is 1110. The largest absolute Gasteiger partial charge is 0.497 e. The van der Waals surface area contributed by atoms with Crippen molar-refractivity contribution >= 4 is 23.0 Å². The molecule has 0 bridgehead atoms. The monoisotopic (exact) mass is 443 g/mol. The van der Waals surface area contributed by atoms with Gasteiger partial charge in [0.1, 0.15) is 17.2 Å². The number of carbonyl (C=O) groups is 2. The number of rotatable bonds is 8. The first-order valence-electron chi connectivity index (χ1n) is 10.6. The predicted molar refractivity (Wildman–Crippen MR) is 126 cm³/mol. The normalized spacial score (nSPS) is 13.5. The first-order chi connectivity index (χ1) is 16.0. The Kier molecular flexibility index (Phi) is 6.45. The maximum atomic E-state index is 13.5. The van der Waals surface area contributed by atoms with Crippen LogP contribution in [0.5, 0.6) is 17.2 Å². The number of methoxy groups -OCH3 is 3. The molecule has 0 radical (unpaired) electrons. The lowest BCUT2D eigenvalue weighted by Crippen LogP contribution is -2.33. The van der Waals surface area contributed by atoms with Crippen molar-refractivity contribution in [2.24, 2.45) is 0 Å². The zero-order valence-electron chi connectivity index (χ0n) is 18.8. The molecule has 0 saturated heterocycles. The highest BCUT2D eigenvalue weighted by molar-refractivity contribution is 6.49. The van der Waals surface area contributed by atoms with E-state index in [1.165, 1.54) is 4.90 Å². The van der Waals surface area contributed by atoms with Crippen LogP contribution in [0.15, 0.2) is 72.8 Å². The van der Waals surface area contributed by atoms with E-state index in [-0.39, 0.29) is 18.4 Å². The van der Waals surface area contributed by atoms with Crippen molar-refractivity contribution in [1.29, 1.82) is 0 Å². The van der Waals surface area contributed by atoms with Crippen LogP contribution in [0.25, 0.3) is 11.1 Å². The fourth-order valence-electron chi connectivity index (χ4n) is 3.86. The van der Waals surface area contributed by atoms with E-state index in [9.17, 15) is 9.59 Å². The second-order valence-electron chi connectivity index (χ2n) is 7.57. The number of benzene rings is 3. The van der Waals surface area contributed by atoms with Crippen molar-refractivity contribution in [1.82, 2.24) is 4.90 Å². The van der Waals surface area contributed by atoms with Crippen molar-refractivity contribution in [2.75, 3.05) is 27.9 Å². The Labute approximate surface area is 193 Å². The second kappa shape index (κ2) is 9.61. The summed E-state index contributed by atoms with van der Waals surface area (Å²) in [6.07, 6.45) is 0.549. The number of ether oxygens (including phenoxy) is 3. The van der Waals surface area contributed by atoms with E-state index >= 15 is 0 Å². The fraction of sp³-hybridized carbons (Fsp3) is 0.185. The summed E-state index contributed by atoms with van der Waals surface area (Å²) < 4.78 is 15.7. The molecule has 33 heavy (non-hydrogen) atoms. The van der Waals surface area contributed by atoms with Crippen LogP contribution < -0.4 is 14.2 Å². The molecule has 4 rings (SSSR count). The molecule has 0 atom stereocenters. The molecule has 1 aliphatic rings. The van der Waals surface area contributed by atoms with Gasteiger partial charge >= 0.3 is 0 Å². The smallest absolute Gasteiger partial charge is 0.262 e. The van der Waals surface area contributed by atoms with Crippen molar-refractivity contribution in [3.63, 3.8) is 0 Å². The average Bonchev–Trinajstić information content (AvgIpc) is 3.12. The number of imide groups is 1. The van der Waals surface area contributed by atoms with Gasteiger partial charge in [0.05, 0.1) is 32.5 Å². The van der Waals surface area contributed by atoms with E-state index in [1.54, 1.807) is 69.9 Å². The topological polar surface area (TPSA) is 65.1 Å². The van der Waals surface area contributed by atoms with Crippen LogP contribution in [-0.2, 0) is 16.0 Å². The third kappa shape index (κ3) is 4.46. The lowest BCUT2D eigenvalue weighted by molar-refractivity contribution is -0.135. The fourth-order valence-corrected chi connectivity index (χ4v) is 3.86. The third-order valence-electron chi connectivity index (χ3n) is 5.71. The lowest BCUT2D eigenvalue weighted by Gasteiger charge is -2.15. The number of hydrogen-bond acceptors (Lipinski definition) is 5. The third-order valence-corrected chi connectivity index (χ3v) is 5.71. The molecule has 168 valence electrons.